The number of carbonyl (C=O) groups is 1. The average Bonchev–Trinajstić information content (AvgIpc) is 2.51. The number of nitrogens with one attached hydrogen (secondary N) is 1. The number of amides is 1. The number of hydrogen-bond donors (Lipinski definition) is 2. The lowest BCUT2D eigenvalue weighted by Gasteiger charge is -2.18. The second-order valence-electron chi connectivity index (χ2n) is 5.69. The maximum absolute atomic E-state index is 11.7. The molecule has 1 amide bonds. The van der Waals surface area contributed by atoms with Gasteiger partial charge in [-0.1, -0.05) is 48.5 Å². The lowest BCUT2D eigenvalue weighted by atomic mass is 10.1. The summed E-state index contributed by atoms with van der Waals surface area (Å²) in [5.41, 5.74) is 6.98. The van der Waals surface area contributed by atoms with Crippen molar-refractivity contribution in [3.8, 4) is 16.9 Å². The van der Waals surface area contributed by atoms with Gasteiger partial charge in [-0.2, -0.15) is 0 Å². The molecular weight excluding hydrogens is 276 g/mol. The number of benzene rings is 2. The minimum absolute atomic E-state index is 0.188. The van der Waals surface area contributed by atoms with Gasteiger partial charge in [0, 0.05) is 5.56 Å². The number of hydrogen-bond acceptors (Lipinski definition) is 3. The van der Waals surface area contributed by atoms with E-state index in [0.717, 1.165) is 16.9 Å². The van der Waals surface area contributed by atoms with E-state index in [1.54, 1.807) is 13.8 Å². The zero-order chi connectivity index (χ0) is 16.0. The third-order valence-corrected chi connectivity index (χ3v) is 3.20. The molecule has 0 spiro atoms. The van der Waals surface area contributed by atoms with Crippen LogP contribution in [-0.2, 0) is 4.79 Å². The van der Waals surface area contributed by atoms with Gasteiger partial charge in [0.05, 0.1) is 12.1 Å². The maximum Gasteiger partial charge on any atom is 0.239 e. The highest BCUT2D eigenvalue weighted by Crippen LogP contribution is 2.29. The second-order valence-corrected chi connectivity index (χ2v) is 5.69. The predicted molar refractivity (Wildman–Crippen MR) is 88.6 cm³/mol. The van der Waals surface area contributed by atoms with Crippen molar-refractivity contribution in [2.75, 3.05) is 13.2 Å². The summed E-state index contributed by atoms with van der Waals surface area (Å²) in [6.45, 7) is 4.16. The summed E-state index contributed by atoms with van der Waals surface area (Å²) in [6.07, 6.45) is 0. The van der Waals surface area contributed by atoms with Gasteiger partial charge < -0.3 is 15.8 Å². The summed E-state index contributed by atoms with van der Waals surface area (Å²) < 4.78 is 5.80. The minimum atomic E-state index is -0.873. The van der Waals surface area contributed by atoms with E-state index in [0.29, 0.717) is 13.2 Å². The zero-order valence-corrected chi connectivity index (χ0v) is 13.0. The molecule has 22 heavy (non-hydrogen) atoms. The van der Waals surface area contributed by atoms with Crippen LogP contribution in [0.2, 0.25) is 0 Å². The number of para-hydroxylation sites is 1. The van der Waals surface area contributed by atoms with Crippen LogP contribution in [0.1, 0.15) is 13.8 Å². The molecule has 2 rings (SSSR count). The van der Waals surface area contributed by atoms with E-state index in [4.69, 9.17) is 10.5 Å². The Balaban J connectivity index is 1.96. The predicted octanol–water partition coefficient (Wildman–Crippen LogP) is 2.59. The number of carbonyl (C=O) groups excluding carboxylic acids is 1. The Morgan fingerprint density at radius 3 is 2.41 bits per heavy atom. The van der Waals surface area contributed by atoms with Gasteiger partial charge in [0.15, 0.2) is 0 Å². The molecule has 0 fully saturated rings. The Hall–Kier alpha value is -2.33. The molecule has 2 aromatic carbocycles. The van der Waals surface area contributed by atoms with Gasteiger partial charge in [-0.25, -0.2) is 0 Å². The van der Waals surface area contributed by atoms with Crippen LogP contribution >= 0.6 is 0 Å². The topological polar surface area (TPSA) is 64.4 Å². The van der Waals surface area contributed by atoms with Crippen molar-refractivity contribution < 1.29 is 9.53 Å². The van der Waals surface area contributed by atoms with Crippen LogP contribution in [0, 0.1) is 0 Å². The van der Waals surface area contributed by atoms with Gasteiger partial charge >= 0.3 is 0 Å². The van der Waals surface area contributed by atoms with Crippen molar-refractivity contribution >= 4 is 5.91 Å². The van der Waals surface area contributed by atoms with Crippen LogP contribution in [0.15, 0.2) is 54.6 Å². The molecule has 0 aromatic heterocycles. The Labute approximate surface area is 131 Å². The first-order valence-corrected chi connectivity index (χ1v) is 7.33. The molecule has 116 valence electrons. The van der Waals surface area contributed by atoms with Crippen LogP contribution in [0.25, 0.3) is 11.1 Å². The summed E-state index contributed by atoms with van der Waals surface area (Å²) in [6, 6.07) is 17.9. The smallest absolute Gasteiger partial charge is 0.239 e. The average molecular weight is 298 g/mol. The van der Waals surface area contributed by atoms with E-state index in [1.807, 2.05) is 54.6 Å². The minimum Gasteiger partial charge on any atom is -0.491 e. The van der Waals surface area contributed by atoms with Gasteiger partial charge in [-0.05, 0) is 25.5 Å². The van der Waals surface area contributed by atoms with E-state index < -0.39 is 5.54 Å². The molecule has 0 saturated heterocycles. The summed E-state index contributed by atoms with van der Waals surface area (Å²) in [5, 5.41) is 2.76. The third-order valence-electron chi connectivity index (χ3n) is 3.20. The zero-order valence-electron chi connectivity index (χ0n) is 13.0. The van der Waals surface area contributed by atoms with Gasteiger partial charge in [0.2, 0.25) is 5.91 Å². The van der Waals surface area contributed by atoms with Crippen molar-refractivity contribution in [2.24, 2.45) is 5.73 Å². The van der Waals surface area contributed by atoms with E-state index in [2.05, 4.69) is 5.32 Å². The van der Waals surface area contributed by atoms with Crippen LogP contribution in [0.5, 0.6) is 5.75 Å². The number of rotatable bonds is 6. The van der Waals surface area contributed by atoms with Crippen LogP contribution in [-0.4, -0.2) is 24.6 Å². The molecule has 4 heteroatoms. The van der Waals surface area contributed by atoms with Gasteiger partial charge in [-0.15, -0.1) is 0 Å². The molecule has 3 N–H and O–H groups in total. The fourth-order valence-corrected chi connectivity index (χ4v) is 2.00. The van der Waals surface area contributed by atoms with Gasteiger partial charge in [0.1, 0.15) is 12.4 Å². The highest BCUT2D eigenvalue weighted by Gasteiger charge is 2.20. The summed E-state index contributed by atoms with van der Waals surface area (Å²) >= 11 is 0. The largest absolute Gasteiger partial charge is 0.491 e. The molecule has 0 bridgehead atoms. The monoisotopic (exact) mass is 298 g/mol. The van der Waals surface area contributed by atoms with Gasteiger partial charge in [0.25, 0.3) is 0 Å². The molecule has 0 aliphatic heterocycles. The van der Waals surface area contributed by atoms with Crippen molar-refractivity contribution in [1.29, 1.82) is 0 Å². The fraction of sp³-hybridized carbons (Fsp3) is 0.278. The Morgan fingerprint density at radius 1 is 1.09 bits per heavy atom. The molecule has 0 radical (unpaired) electrons. The molecule has 2 aromatic rings. The SMILES string of the molecule is CC(C)(N)C(=O)NCCOc1ccccc1-c1ccccc1. The second kappa shape index (κ2) is 7.09. The van der Waals surface area contributed by atoms with Gasteiger partial charge in [-0.3, -0.25) is 4.79 Å². The van der Waals surface area contributed by atoms with Crippen molar-refractivity contribution in [3.63, 3.8) is 0 Å². The molecule has 0 heterocycles. The van der Waals surface area contributed by atoms with E-state index in [9.17, 15) is 4.79 Å². The van der Waals surface area contributed by atoms with Crippen LogP contribution in [0.3, 0.4) is 0 Å². The van der Waals surface area contributed by atoms with Crippen molar-refractivity contribution in [3.05, 3.63) is 54.6 Å². The first-order valence-electron chi connectivity index (χ1n) is 7.33. The lowest BCUT2D eigenvalue weighted by molar-refractivity contribution is -0.125. The Kier molecular flexibility index (Phi) is 5.17. The highest BCUT2D eigenvalue weighted by atomic mass is 16.5. The molecule has 0 aliphatic rings. The van der Waals surface area contributed by atoms with Crippen LogP contribution < -0.4 is 15.8 Å². The van der Waals surface area contributed by atoms with Crippen LogP contribution in [0.4, 0.5) is 0 Å². The quantitative estimate of drug-likeness (QED) is 0.806. The first kappa shape index (κ1) is 16.0. The fourth-order valence-electron chi connectivity index (χ4n) is 2.00. The number of nitrogens with two attached hydrogens (primary N) is 1. The molecule has 0 aliphatic carbocycles. The summed E-state index contributed by atoms with van der Waals surface area (Å²) in [5.74, 6) is 0.613. The summed E-state index contributed by atoms with van der Waals surface area (Å²) in [7, 11) is 0. The molecule has 0 unspecified atom stereocenters. The lowest BCUT2D eigenvalue weighted by Crippen LogP contribution is -2.49. The van der Waals surface area contributed by atoms with E-state index in [-0.39, 0.29) is 5.91 Å². The Morgan fingerprint density at radius 2 is 1.73 bits per heavy atom. The Bertz CT molecular complexity index is 618. The molecule has 0 saturated carbocycles. The normalized spacial score (nSPS) is 11.0. The summed E-state index contributed by atoms with van der Waals surface area (Å²) in [4.78, 5) is 11.7. The van der Waals surface area contributed by atoms with Crippen molar-refractivity contribution in [2.45, 2.75) is 19.4 Å². The maximum atomic E-state index is 11.7. The van der Waals surface area contributed by atoms with E-state index >= 15 is 0 Å². The first-order chi connectivity index (χ1) is 10.5. The standard InChI is InChI=1S/C18H22N2O2/c1-18(2,19)17(21)20-12-13-22-16-11-7-6-10-15(16)14-8-4-3-5-9-14/h3-11H,12-13,19H2,1-2H3,(H,20,21). The molecule has 0 atom stereocenters. The molecular formula is C18H22N2O2. The van der Waals surface area contributed by atoms with Crippen molar-refractivity contribution in [1.82, 2.24) is 5.32 Å². The van der Waals surface area contributed by atoms with E-state index in [1.165, 1.54) is 0 Å². The third kappa shape index (κ3) is 4.33. The highest BCUT2D eigenvalue weighted by molar-refractivity contribution is 5.85. The molecule has 4 nitrogen and oxygen atoms in total. The number of ether oxygens (including phenoxy) is 1.